The van der Waals surface area contributed by atoms with Gasteiger partial charge in [-0.3, -0.25) is 0 Å². The van der Waals surface area contributed by atoms with Crippen molar-refractivity contribution >= 4 is 17.0 Å². The van der Waals surface area contributed by atoms with Crippen molar-refractivity contribution < 1.29 is 4.39 Å². The standard InChI is InChI=1S/C11H13FN4/c12-6-1-2-9-10(3-6)16-11(15-9)14-8-4-7(13)5-8/h1-3,7-8H,4-5,13H2,(H2,14,15,16). The summed E-state index contributed by atoms with van der Waals surface area (Å²) >= 11 is 0. The molecule has 84 valence electrons. The van der Waals surface area contributed by atoms with Gasteiger partial charge in [0.1, 0.15) is 5.82 Å². The minimum Gasteiger partial charge on any atom is -0.353 e. The van der Waals surface area contributed by atoms with E-state index < -0.39 is 0 Å². The molecule has 1 aliphatic carbocycles. The minimum atomic E-state index is -0.256. The summed E-state index contributed by atoms with van der Waals surface area (Å²) < 4.78 is 13.0. The van der Waals surface area contributed by atoms with E-state index in [-0.39, 0.29) is 5.82 Å². The van der Waals surface area contributed by atoms with Gasteiger partial charge in [-0.15, -0.1) is 0 Å². The molecule has 0 bridgehead atoms. The van der Waals surface area contributed by atoms with E-state index in [1.165, 1.54) is 12.1 Å². The average molecular weight is 220 g/mol. The van der Waals surface area contributed by atoms with Gasteiger partial charge in [0, 0.05) is 12.1 Å². The molecule has 16 heavy (non-hydrogen) atoms. The fraction of sp³-hybridized carbons (Fsp3) is 0.364. The van der Waals surface area contributed by atoms with Gasteiger partial charge in [-0.25, -0.2) is 9.37 Å². The molecule has 3 rings (SSSR count). The summed E-state index contributed by atoms with van der Waals surface area (Å²) in [6, 6.07) is 5.21. The van der Waals surface area contributed by atoms with Crippen LogP contribution < -0.4 is 11.1 Å². The minimum absolute atomic E-state index is 0.256. The number of rotatable bonds is 2. The summed E-state index contributed by atoms with van der Waals surface area (Å²) in [5.74, 6) is 0.436. The normalized spacial score (nSPS) is 24.4. The van der Waals surface area contributed by atoms with E-state index in [0.717, 1.165) is 18.4 Å². The van der Waals surface area contributed by atoms with Crippen molar-refractivity contribution in [3.8, 4) is 0 Å². The quantitative estimate of drug-likeness (QED) is 0.720. The second-order valence-corrected chi connectivity index (χ2v) is 4.32. The highest BCUT2D eigenvalue weighted by atomic mass is 19.1. The van der Waals surface area contributed by atoms with Crippen molar-refractivity contribution in [3.63, 3.8) is 0 Å². The molecule has 1 heterocycles. The van der Waals surface area contributed by atoms with Crippen molar-refractivity contribution in [3.05, 3.63) is 24.0 Å². The van der Waals surface area contributed by atoms with E-state index in [0.29, 0.717) is 23.5 Å². The Kier molecular flexibility index (Phi) is 2.07. The van der Waals surface area contributed by atoms with Crippen LogP contribution in [0.4, 0.5) is 10.3 Å². The molecule has 0 unspecified atom stereocenters. The number of fused-ring (bicyclic) bond motifs is 1. The maximum Gasteiger partial charge on any atom is 0.201 e. The Hall–Kier alpha value is -1.62. The maximum atomic E-state index is 13.0. The summed E-state index contributed by atoms with van der Waals surface area (Å²) in [5.41, 5.74) is 7.18. The predicted molar refractivity (Wildman–Crippen MR) is 60.7 cm³/mol. The van der Waals surface area contributed by atoms with Crippen LogP contribution in [0.1, 0.15) is 12.8 Å². The zero-order valence-electron chi connectivity index (χ0n) is 8.70. The fourth-order valence-corrected chi connectivity index (χ4v) is 2.02. The third-order valence-electron chi connectivity index (χ3n) is 2.96. The highest BCUT2D eigenvalue weighted by Gasteiger charge is 2.26. The molecule has 2 aromatic rings. The molecule has 0 radical (unpaired) electrons. The van der Waals surface area contributed by atoms with Gasteiger partial charge in [0.15, 0.2) is 0 Å². The number of aromatic nitrogens is 2. The van der Waals surface area contributed by atoms with Gasteiger partial charge >= 0.3 is 0 Å². The molecule has 0 aliphatic heterocycles. The number of benzene rings is 1. The second kappa shape index (κ2) is 3.45. The Labute approximate surface area is 92.1 Å². The number of hydrogen-bond donors (Lipinski definition) is 3. The largest absolute Gasteiger partial charge is 0.353 e. The van der Waals surface area contributed by atoms with Crippen molar-refractivity contribution in [1.29, 1.82) is 0 Å². The van der Waals surface area contributed by atoms with Crippen molar-refractivity contribution in [2.24, 2.45) is 5.73 Å². The Morgan fingerprint density at radius 2 is 2.25 bits per heavy atom. The van der Waals surface area contributed by atoms with Crippen LogP contribution in [0.25, 0.3) is 11.0 Å². The number of nitrogens with two attached hydrogens (primary N) is 1. The highest BCUT2D eigenvalue weighted by Crippen LogP contribution is 2.22. The monoisotopic (exact) mass is 220 g/mol. The van der Waals surface area contributed by atoms with Gasteiger partial charge in [0.25, 0.3) is 0 Å². The molecule has 1 aromatic carbocycles. The van der Waals surface area contributed by atoms with Gasteiger partial charge in [0.2, 0.25) is 5.95 Å². The summed E-state index contributed by atoms with van der Waals surface area (Å²) in [4.78, 5) is 7.37. The van der Waals surface area contributed by atoms with E-state index in [1.807, 2.05) is 0 Å². The van der Waals surface area contributed by atoms with Gasteiger partial charge in [-0.05, 0) is 31.0 Å². The molecule has 1 saturated carbocycles. The van der Waals surface area contributed by atoms with E-state index in [2.05, 4.69) is 15.3 Å². The average Bonchev–Trinajstić information content (AvgIpc) is 2.57. The van der Waals surface area contributed by atoms with Crippen LogP contribution in [0.5, 0.6) is 0 Å². The summed E-state index contributed by atoms with van der Waals surface area (Å²) in [7, 11) is 0. The lowest BCUT2D eigenvalue weighted by molar-refractivity contribution is 0.372. The Morgan fingerprint density at radius 3 is 3.00 bits per heavy atom. The zero-order valence-corrected chi connectivity index (χ0v) is 8.70. The molecular formula is C11H13FN4. The van der Waals surface area contributed by atoms with Crippen LogP contribution in [0, 0.1) is 5.82 Å². The van der Waals surface area contributed by atoms with Crippen LogP contribution in [0.3, 0.4) is 0 Å². The number of nitrogens with zero attached hydrogens (tertiary/aromatic N) is 1. The Balaban J connectivity index is 1.82. The molecule has 1 aliphatic rings. The third kappa shape index (κ3) is 1.63. The second-order valence-electron chi connectivity index (χ2n) is 4.32. The number of H-pyrrole nitrogens is 1. The first-order valence-corrected chi connectivity index (χ1v) is 5.38. The van der Waals surface area contributed by atoms with Crippen molar-refractivity contribution in [2.45, 2.75) is 24.9 Å². The maximum absolute atomic E-state index is 13.0. The van der Waals surface area contributed by atoms with Crippen LogP contribution in [0.15, 0.2) is 18.2 Å². The van der Waals surface area contributed by atoms with Gasteiger partial charge in [0.05, 0.1) is 11.0 Å². The summed E-state index contributed by atoms with van der Waals surface area (Å²) in [6.45, 7) is 0. The molecule has 0 atom stereocenters. The molecular weight excluding hydrogens is 207 g/mol. The van der Waals surface area contributed by atoms with Gasteiger partial charge in [-0.1, -0.05) is 0 Å². The molecule has 0 amide bonds. The van der Waals surface area contributed by atoms with E-state index >= 15 is 0 Å². The van der Waals surface area contributed by atoms with Gasteiger partial charge in [-0.2, -0.15) is 0 Å². The SMILES string of the molecule is NC1CC(Nc2nc3ccc(F)cc3[nH]2)C1. The zero-order chi connectivity index (χ0) is 11.1. The molecule has 5 heteroatoms. The lowest BCUT2D eigenvalue weighted by Crippen LogP contribution is -2.44. The number of imidazole rings is 1. The number of aromatic amines is 1. The topological polar surface area (TPSA) is 66.7 Å². The van der Waals surface area contributed by atoms with E-state index in [1.54, 1.807) is 6.07 Å². The van der Waals surface area contributed by atoms with Crippen LogP contribution >= 0.6 is 0 Å². The molecule has 1 fully saturated rings. The van der Waals surface area contributed by atoms with E-state index in [9.17, 15) is 4.39 Å². The number of halogens is 1. The molecule has 0 saturated heterocycles. The first-order chi connectivity index (χ1) is 7.70. The number of nitrogens with one attached hydrogen (secondary N) is 2. The number of hydrogen-bond acceptors (Lipinski definition) is 3. The van der Waals surface area contributed by atoms with Crippen molar-refractivity contribution in [1.82, 2.24) is 9.97 Å². The molecule has 4 nitrogen and oxygen atoms in total. The fourth-order valence-electron chi connectivity index (χ4n) is 2.02. The first-order valence-electron chi connectivity index (χ1n) is 5.38. The first kappa shape index (κ1) is 9.59. The number of anilines is 1. The smallest absolute Gasteiger partial charge is 0.201 e. The van der Waals surface area contributed by atoms with Gasteiger partial charge < -0.3 is 16.0 Å². The molecule has 4 N–H and O–H groups in total. The lowest BCUT2D eigenvalue weighted by Gasteiger charge is -2.32. The summed E-state index contributed by atoms with van der Waals surface area (Å²) in [6.07, 6.45) is 1.93. The molecule has 0 spiro atoms. The Morgan fingerprint density at radius 1 is 1.44 bits per heavy atom. The van der Waals surface area contributed by atoms with E-state index in [4.69, 9.17) is 5.73 Å². The lowest BCUT2D eigenvalue weighted by atomic mass is 9.88. The highest BCUT2D eigenvalue weighted by molar-refractivity contribution is 5.77. The Bertz CT molecular complexity index is 516. The third-order valence-corrected chi connectivity index (χ3v) is 2.96. The van der Waals surface area contributed by atoms with Crippen LogP contribution in [-0.2, 0) is 0 Å². The van der Waals surface area contributed by atoms with Crippen LogP contribution in [0.2, 0.25) is 0 Å². The molecule has 1 aromatic heterocycles. The predicted octanol–water partition coefficient (Wildman–Crippen LogP) is 1.60. The van der Waals surface area contributed by atoms with Crippen molar-refractivity contribution in [2.75, 3.05) is 5.32 Å². The van der Waals surface area contributed by atoms with Crippen LogP contribution in [-0.4, -0.2) is 22.1 Å². The summed E-state index contributed by atoms with van der Waals surface area (Å²) in [5, 5.41) is 3.25.